The van der Waals surface area contributed by atoms with Crippen molar-refractivity contribution in [2.45, 2.75) is 19.2 Å². The van der Waals surface area contributed by atoms with E-state index in [0.29, 0.717) is 28.8 Å². The van der Waals surface area contributed by atoms with E-state index in [2.05, 4.69) is 10.3 Å². The Balaban J connectivity index is 1.65. The SMILES string of the molecule is CC1CN(c2ncccc2Cl)c2cccc(C(=O)Nc3ccc(C(F)(F)F)cc3)c2O1. The van der Waals surface area contributed by atoms with Gasteiger partial charge in [-0.1, -0.05) is 17.7 Å². The average molecular weight is 448 g/mol. The van der Waals surface area contributed by atoms with Gasteiger partial charge in [0.05, 0.1) is 28.4 Å². The number of nitrogens with zero attached hydrogens (tertiary/aromatic N) is 2. The number of hydrogen-bond acceptors (Lipinski definition) is 4. The number of carbonyl (C=O) groups excluding carboxylic acids is 1. The quantitative estimate of drug-likeness (QED) is 0.541. The Morgan fingerprint density at radius 1 is 1.16 bits per heavy atom. The summed E-state index contributed by atoms with van der Waals surface area (Å²) in [7, 11) is 0. The van der Waals surface area contributed by atoms with Crippen LogP contribution in [0.1, 0.15) is 22.8 Å². The molecule has 5 nitrogen and oxygen atoms in total. The monoisotopic (exact) mass is 447 g/mol. The average Bonchev–Trinajstić information content (AvgIpc) is 2.73. The number of anilines is 3. The number of halogens is 4. The smallest absolute Gasteiger partial charge is 0.416 e. The number of ether oxygens (including phenoxy) is 1. The summed E-state index contributed by atoms with van der Waals surface area (Å²) in [6.07, 6.45) is -3.07. The number of pyridine rings is 1. The lowest BCUT2D eigenvalue weighted by Gasteiger charge is -2.35. The van der Waals surface area contributed by atoms with E-state index in [1.54, 1.807) is 36.5 Å². The number of aromatic nitrogens is 1. The number of rotatable bonds is 3. The molecule has 2 heterocycles. The Hall–Kier alpha value is -3.26. The van der Waals surface area contributed by atoms with E-state index in [1.165, 1.54) is 12.1 Å². The Labute approximate surface area is 181 Å². The van der Waals surface area contributed by atoms with E-state index in [1.807, 2.05) is 11.8 Å². The molecule has 0 saturated heterocycles. The van der Waals surface area contributed by atoms with Crippen LogP contribution in [0.4, 0.5) is 30.4 Å². The predicted molar refractivity (Wildman–Crippen MR) is 112 cm³/mol. The second kappa shape index (κ2) is 8.11. The van der Waals surface area contributed by atoms with Gasteiger partial charge in [-0.15, -0.1) is 0 Å². The molecule has 1 aromatic heterocycles. The summed E-state index contributed by atoms with van der Waals surface area (Å²) in [5, 5.41) is 3.08. The fraction of sp³-hybridized carbons (Fsp3) is 0.182. The highest BCUT2D eigenvalue weighted by Crippen LogP contribution is 2.42. The first kappa shape index (κ1) is 21.0. The van der Waals surface area contributed by atoms with Crippen molar-refractivity contribution >= 4 is 34.7 Å². The number of alkyl halides is 3. The van der Waals surface area contributed by atoms with Crippen molar-refractivity contribution in [3.05, 3.63) is 76.9 Å². The molecule has 1 N–H and O–H groups in total. The van der Waals surface area contributed by atoms with Gasteiger partial charge in [-0.3, -0.25) is 4.79 Å². The molecule has 1 aliphatic heterocycles. The fourth-order valence-electron chi connectivity index (χ4n) is 3.35. The molecule has 1 unspecified atom stereocenters. The van der Waals surface area contributed by atoms with Gasteiger partial charge >= 0.3 is 6.18 Å². The summed E-state index contributed by atoms with van der Waals surface area (Å²) in [4.78, 5) is 19.1. The van der Waals surface area contributed by atoms with Crippen LogP contribution in [0.15, 0.2) is 60.8 Å². The lowest BCUT2D eigenvalue weighted by Crippen LogP contribution is -2.36. The van der Waals surface area contributed by atoms with Crippen LogP contribution in [-0.4, -0.2) is 23.5 Å². The summed E-state index contributed by atoms with van der Waals surface area (Å²) in [5.41, 5.74) is 0.325. The molecule has 1 amide bonds. The Kier molecular flexibility index (Phi) is 5.49. The highest BCUT2D eigenvalue weighted by molar-refractivity contribution is 6.33. The van der Waals surface area contributed by atoms with Crippen LogP contribution in [-0.2, 0) is 6.18 Å². The van der Waals surface area contributed by atoms with Crippen molar-refractivity contribution < 1.29 is 22.7 Å². The van der Waals surface area contributed by atoms with Crippen LogP contribution >= 0.6 is 11.6 Å². The molecule has 3 aromatic rings. The van der Waals surface area contributed by atoms with E-state index in [0.717, 1.165) is 12.1 Å². The third kappa shape index (κ3) is 4.29. The van der Waals surface area contributed by atoms with E-state index >= 15 is 0 Å². The lowest BCUT2D eigenvalue weighted by molar-refractivity contribution is -0.137. The Bertz CT molecular complexity index is 1120. The molecule has 160 valence electrons. The molecule has 0 radical (unpaired) electrons. The zero-order valence-electron chi connectivity index (χ0n) is 16.3. The van der Waals surface area contributed by atoms with E-state index in [4.69, 9.17) is 16.3 Å². The molecule has 1 aliphatic rings. The van der Waals surface area contributed by atoms with Crippen LogP contribution < -0.4 is 15.0 Å². The Morgan fingerprint density at radius 2 is 1.90 bits per heavy atom. The minimum Gasteiger partial charge on any atom is -0.486 e. The van der Waals surface area contributed by atoms with Gasteiger partial charge < -0.3 is 15.0 Å². The lowest BCUT2D eigenvalue weighted by atomic mass is 10.1. The summed E-state index contributed by atoms with van der Waals surface area (Å²) < 4.78 is 44.2. The normalized spacial score (nSPS) is 15.8. The maximum absolute atomic E-state index is 12.9. The summed E-state index contributed by atoms with van der Waals surface area (Å²) in [6, 6.07) is 12.8. The number of carbonyl (C=O) groups is 1. The third-order valence-electron chi connectivity index (χ3n) is 4.75. The van der Waals surface area contributed by atoms with Crippen molar-refractivity contribution in [3.63, 3.8) is 0 Å². The van der Waals surface area contributed by atoms with E-state index in [-0.39, 0.29) is 17.4 Å². The first-order chi connectivity index (χ1) is 14.7. The van der Waals surface area contributed by atoms with E-state index in [9.17, 15) is 18.0 Å². The van der Waals surface area contributed by atoms with Gasteiger partial charge in [0.1, 0.15) is 6.10 Å². The highest BCUT2D eigenvalue weighted by Gasteiger charge is 2.31. The third-order valence-corrected chi connectivity index (χ3v) is 5.05. The van der Waals surface area contributed by atoms with Gasteiger partial charge in [-0.25, -0.2) is 4.98 Å². The van der Waals surface area contributed by atoms with Crippen molar-refractivity contribution in [3.8, 4) is 5.75 Å². The van der Waals surface area contributed by atoms with Gasteiger partial charge in [0, 0.05) is 11.9 Å². The maximum atomic E-state index is 12.9. The highest BCUT2D eigenvalue weighted by atomic mass is 35.5. The Morgan fingerprint density at radius 3 is 2.58 bits per heavy atom. The predicted octanol–water partition coefficient (Wildman–Crippen LogP) is 5.93. The molecule has 2 aromatic carbocycles. The first-order valence-corrected chi connectivity index (χ1v) is 9.78. The van der Waals surface area contributed by atoms with Crippen LogP contribution in [0.25, 0.3) is 0 Å². The zero-order chi connectivity index (χ0) is 22.2. The zero-order valence-corrected chi connectivity index (χ0v) is 17.0. The number of fused-ring (bicyclic) bond motifs is 1. The van der Waals surface area contributed by atoms with Crippen LogP contribution in [0.3, 0.4) is 0 Å². The number of benzene rings is 2. The van der Waals surface area contributed by atoms with Crippen molar-refractivity contribution in [2.75, 3.05) is 16.8 Å². The minimum absolute atomic E-state index is 0.240. The topological polar surface area (TPSA) is 54.5 Å². The molecule has 31 heavy (non-hydrogen) atoms. The summed E-state index contributed by atoms with van der Waals surface area (Å²) >= 11 is 6.32. The van der Waals surface area contributed by atoms with Gasteiger partial charge in [0.2, 0.25) is 0 Å². The van der Waals surface area contributed by atoms with Crippen molar-refractivity contribution in [2.24, 2.45) is 0 Å². The molecule has 0 fully saturated rings. The molecule has 4 rings (SSSR count). The molecule has 0 bridgehead atoms. The number of nitrogens with one attached hydrogen (secondary N) is 1. The number of amides is 1. The van der Waals surface area contributed by atoms with E-state index < -0.39 is 17.6 Å². The molecule has 0 aliphatic carbocycles. The van der Waals surface area contributed by atoms with Gasteiger partial charge in [0.25, 0.3) is 5.91 Å². The molecule has 0 saturated carbocycles. The van der Waals surface area contributed by atoms with Gasteiger partial charge in [-0.2, -0.15) is 13.2 Å². The minimum atomic E-state index is -4.44. The first-order valence-electron chi connectivity index (χ1n) is 9.40. The van der Waals surface area contributed by atoms with Crippen LogP contribution in [0.5, 0.6) is 5.75 Å². The maximum Gasteiger partial charge on any atom is 0.416 e. The number of hydrogen-bond donors (Lipinski definition) is 1. The van der Waals surface area contributed by atoms with Crippen molar-refractivity contribution in [1.29, 1.82) is 0 Å². The molecule has 1 atom stereocenters. The fourth-order valence-corrected chi connectivity index (χ4v) is 3.58. The molecule has 0 spiro atoms. The molecular weight excluding hydrogens is 431 g/mol. The summed E-state index contributed by atoms with van der Waals surface area (Å²) in [5.74, 6) is 0.394. The molecular formula is C22H17ClF3N3O2. The van der Waals surface area contributed by atoms with Gasteiger partial charge in [0.15, 0.2) is 11.6 Å². The second-order valence-corrected chi connectivity index (χ2v) is 7.44. The van der Waals surface area contributed by atoms with Gasteiger partial charge in [-0.05, 0) is 55.5 Å². The van der Waals surface area contributed by atoms with Crippen molar-refractivity contribution in [1.82, 2.24) is 4.98 Å². The van der Waals surface area contributed by atoms with Crippen LogP contribution in [0.2, 0.25) is 5.02 Å². The largest absolute Gasteiger partial charge is 0.486 e. The second-order valence-electron chi connectivity index (χ2n) is 7.03. The standard InChI is InChI=1S/C22H17ClF3N3O2/c1-13-12-29(20-17(23)5-3-11-27-20)18-6-2-4-16(19(18)31-13)21(30)28-15-9-7-14(8-10-15)22(24,25)26/h2-11,13H,12H2,1H3,(H,28,30). The summed E-state index contributed by atoms with van der Waals surface area (Å²) in [6.45, 7) is 2.34. The molecule has 9 heteroatoms. The van der Waals surface area contributed by atoms with Crippen LogP contribution in [0, 0.1) is 0 Å². The number of para-hydroxylation sites is 1.